The van der Waals surface area contributed by atoms with Crippen molar-refractivity contribution in [3.63, 3.8) is 0 Å². The van der Waals surface area contributed by atoms with Gasteiger partial charge in [0.1, 0.15) is 12.2 Å². The van der Waals surface area contributed by atoms with Crippen molar-refractivity contribution in [3.8, 4) is 5.69 Å². The van der Waals surface area contributed by atoms with Crippen LogP contribution in [0.1, 0.15) is 47.7 Å². The standard InChI is InChI=1S/C27H28F3N7O2/c1-33-9-10-35(25(33)38)13-17-11-21(27(28,29)30)22-15-36(26(39)37(22)14-17)20-8-4-7-19(12-20)23(18-5-3-6-18)24-32-31-16-34(24)2/h4,7-8,11-12,14-16,18,23H,3,5-6,9-10,13H2,1-2H3/t23-/m1/s1. The quantitative estimate of drug-likeness (QED) is 0.371. The molecule has 4 aromatic rings. The van der Waals surface area contributed by atoms with E-state index in [1.165, 1.54) is 26.8 Å². The van der Waals surface area contributed by atoms with Crippen LogP contribution in [-0.2, 0) is 19.8 Å². The average molecular weight is 540 g/mol. The van der Waals surface area contributed by atoms with Gasteiger partial charge < -0.3 is 14.4 Å². The van der Waals surface area contributed by atoms with Gasteiger partial charge in [0.15, 0.2) is 0 Å². The summed E-state index contributed by atoms with van der Waals surface area (Å²) in [5.41, 5.74) is -0.131. The average Bonchev–Trinajstić information content (AvgIpc) is 3.54. The van der Waals surface area contributed by atoms with Crippen molar-refractivity contribution in [1.29, 1.82) is 0 Å². The van der Waals surface area contributed by atoms with E-state index in [0.29, 0.717) is 24.7 Å². The number of aryl methyl sites for hydroxylation is 1. The SMILES string of the molecule is CN1CCN(Cc2cc(C(F)(F)F)c3cn(-c4cccc([C@H](c5nncn5C)C5CCC5)c4)c(=O)n3c2)C1=O. The van der Waals surface area contributed by atoms with Crippen LogP contribution < -0.4 is 5.69 Å². The zero-order chi connectivity index (χ0) is 27.5. The molecule has 9 nitrogen and oxygen atoms in total. The molecule has 1 saturated heterocycles. The maximum absolute atomic E-state index is 14.2. The highest BCUT2D eigenvalue weighted by Gasteiger charge is 2.36. The minimum Gasteiger partial charge on any atom is -0.326 e. The normalized spacial score (nSPS) is 17.3. The Kier molecular flexibility index (Phi) is 6.00. The van der Waals surface area contributed by atoms with Gasteiger partial charge in [0, 0.05) is 52.0 Å². The summed E-state index contributed by atoms with van der Waals surface area (Å²) < 4.78 is 46.7. The number of hydrogen-bond acceptors (Lipinski definition) is 4. The van der Waals surface area contributed by atoms with Crippen LogP contribution in [-0.4, -0.2) is 59.7 Å². The van der Waals surface area contributed by atoms with E-state index in [4.69, 9.17) is 0 Å². The number of carbonyl (C=O) groups is 1. The fourth-order valence-corrected chi connectivity index (χ4v) is 5.66. The Labute approximate surface area is 222 Å². The second-order valence-corrected chi connectivity index (χ2v) is 10.5. The summed E-state index contributed by atoms with van der Waals surface area (Å²) in [4.78, 5) is 28.8. The van der Waals surface area contributed by atoms with Crippen molar-refractivity contribution in [1.82, 2.24) is 33.5 Å². The zero-order valence-electron chi connectivity index (χ0n) is 21.6. The second-order valence-electron chi connectivity index (χ2n) is 10.5. The molecule has 6 rings (SSSR count). The maximum atomic E-state index is 14.2. The molecule has 0 unspecified atom stereocenters. The first-order valence-corrected chi connectivity index (χ1v) is 12.9. The molecule has 2 aliphatic rings. The van der Waals surface area contributed by atoms with E-state index in [2.05, 4.69) is 10.2 Å². The second kappa shape index (κ2) is 9.28. The van der Waals surface area contributed by atoms with Gasteiger partial charge in [0.05, 0.1) is 16.8 Å². The Morgan fingerprint density at radius 2 is 1.87 bits per heavy atom. The van der Waals surface area contributed by atoms with Gasteiger partial charge in [-0.15, -0.1) is 10.2 Å². The number of amides is 2. The van der Waals surface area contributed by atoms with E-state index >= 15 is 0 Å². The molecule has 39 heavy (non-hydrogen) atoms. The molecule has 0 N–H and O–H groups in total. The fourth-order valence-electron chi connectivity index (χ4n) is 5.66. The van der Waals surface area contributed by atoms with Crippen LogP contribution in [0.5, 0.6) is 0 Å². The van der Waals surface area contributed by atoms with Crippen molar-refractivity contribution >= 4 is 11.5 Å². The molecule has 1 aromatic carbocycles. The van der Waals surface area contributed by atoms with Crippen LogP contribution in [0, 0.1) is 5.92 Å². The first kappa shape index (κ1) is 25.2. The largest absolute Gasteiger partial charge is 0.418 e. The van der Waals surface area contributed by atoms with Crippen molar-refractivity contribution in [3.05, 3.63) is 82.1 Å². The van der Waals surface area contributed by atoms with Gasteiger partial charge in [-0.1, -0.05) is 18.6 Å². The molecule has 3 aromatic heterocycles. The van der Waals surface area contributed by atoms with Crippen LogP contribution in [0.25, 0.3) is 11.2 Å². The van der Waals surface area contributed by atoms with Gasteiger partial charge in [0.25, 0.3) is 0 Å². The number of rotatable bonds is 6. The fraction of sp³-hybridized carbons (Fsp3) is 0.407. The third kappa shape index (κ3) is 4.37. The number of halogens is 3. The smallest absolute Gasteiger partial charge is 0.326 e. The topological polar surface area (TPSA) is 80.7 Å². The highest BCUT2D eigenvalue weighted by Crippen LogP contribution is 2.43. The van der Waals surface area contributed by atoms with E-state index in [0.717, 1.165) is 41.1 Å². The Morgan fingerprint density at radius 1 is 1.08 bits per heavy atom. The molecule has 204 valence electrons. The van der Waals surface area contributed by atoms with Gasteiger partial charge in [-0.2, -0.15) is 13.2 Å². The molecule has 0 bridgehead atoms. The zero-order valence-corrected chi connectivity index (χ0v) is 21.6. The molecule has 0 radical (unpaired) electrons. The lowest BCUT2D eigenvalue weighted by Gasteiger charge is -2.33. The van der Waals surface area contributed by atoms with Gasteiger partial charge in [0.2, 0.25) is 0 Å². The van der Waals surface area contributed by atoms with E-state index in [1.54, 1.807) is 19.4 Å². The number of carbonyl (C=O) groups excluding carboxylic acids is 1. The molecule has 2 fully saturated rings. The molecular formula is C27H28F3N7O2. The number of fused-ring (bicyclic) bond motifs is 1. The molecule has 4 heterocycles. The lowest BCUT2D eigenvalue weighted by molar-refractivity contribution is -0.136. The summed E-state index contributed by atoms with van der Waals surface area (Å²) in [6.45, 7) is 0.886. The van der Waals surface area contributed by atoms with Crippen molar-refractivity contribution in [2.45, 2.75) is 37.9 Å². The van der Waals surface area contributed by atoms with Crippen LogP contribution in [0.3, 0.4) is 0 Å². The van der Waals surface area contributed by atoms with Gasteiger partial charge in [-0.05, 0) is 48.1 Å². The van der Waals surface area contributed by atoms with Crippen LogP contribution >= 0.6 is 0 Å². The molecule has 1 aliphatic carbocycles. The highest BCUT2D eigenvalue weighted by atomic mass is 19.4. The summed E-state index contributed by atoms with van der Waals surface area (Å²) in [6.07, 6.45) is 2.83. The molecule has 2 amide bonds. The number of aromatic nitrogens is 5. The number of pyridine rings is 1. The van der Waals surface area contributed by atoms with Crippen molar-refractivity contribution < 1.29 is 18.0 Å². The highest BCUT2D eigenvalue weighted by molar-refractivity contribution is 5.76. The van der Waals surface area contributed by atoms with E-state index in [-0.39, 0.29) is 29.6 Å². The predicted octanol–water partition coefficient (Wildman–Crippen LogP) is 4.04. The number of alkyl halides is 3. The summed E-state index contributed by atoms with van der Waals surface area (Å²) in [7, 11) is 3.53. The number of hydrogen-bond donors (Lipinski definition) is 0. The Bertz CT molecular complexity index is 1620. The molecule has 0 spiro atoms. The summed E-state index contributed by atoms with van der Waals surface area (Å²) in [6, 6.07) is 8.12. The Balaban J connectivity index is 1.44. The molecular weight excluding hydrogens is 511 g/mol. The minimum absolute atomic E-state index is 0.0178. The monoisotopic (exact) mass is 539 g/mol. The number of benzene rings is 1. The molecule has 1 aliphatic heterocycles. The van der Waals surface area contributed by atoms with Gasteiger partial charge >= 0.3 is 17.9 Å². The lowest BCUT2D eigenvalue weighted by atomic mass is 9.72. The van der Waals surface area contributed by atoms with Crippen LogP contribution in [0.2, 0.25) is 0 Å². The Morgan fingerprint density at radius 3 is 2.49 bits per heavy atom. The van der Waals surface area contributed by atoms with E-state index < -0.39 is 17.4 Å². The van der Waals surface area contributed by atoms with Crippen LogP contribution in [0.15, 0.2) is 53.8 Å². The first-order valence-electron chi connectivity index (χ1n) is 12.9. The summed E-state index contributed by atoms with van der Waals surface area (Å²) >= 11 is 0. The number of urea groups is 1. The van der Waals surface area contributed by atoms with Crippen molar-refractivity contribution in [2.75, 3.05) is 20.1 Å². The van der Waals surface area contributed by atoms with Gasteiger partial charge in [-0.3, -0.25) is 8.97 Å². The van der Waals surface area contributed by atoms with E-state index in [1.807, 2.05) is 29.8 Å². The lowest BCUT2D eigenvalue weighted by Crippen LogP contribution is -2.29. The number of likely N-dealkylation sites (N-methyl/N-ethyl adjacent to an activating group) is 1. The summed E-state index contributed by atoms with van der Waals surface area (Å²) in [5, 5.41) is 8.37. The summed E-state index contributed by atoms with van der Waals surface area (Å²) in [5.74, 6) is 1.16. The third-order valence-corrected chi connectivity index (χ3v) is 7.96. The maximum Gasteiger partial charge on any atom is 0.418 e. The molecule has 1 saturated carbocycles. The first-order chi connectivity index (χ1) is 18.6. The predicted molar refractivity (Wildman–Crippen MR) is 137 cm³/mol. The molecule has 12 heteroatoms. The number of nitrogens with zero attached hydrogens (tertiary/aromatic N) is 7. The van der Waals surface area contributed by atoms with Gasteiger partial charge in [-0.25, -0.2) is 9.59 Å². The molecule has 1 atom stereocenters. The minimum atomic E-state index is -4.69. The number of imidazole rings is 1. The van der Waals surface area contributed by atoms with Crippen LogP contribution in [0.4, 0.5) is 18.0 Å². The van der Waals surface area contributed by atoms with Crippen molar-refractivity contribution in [2.24, 2.45) is 13.0 Å². The third-order valence-electron chi connectivity index (χ3n) is 7.96. The Hall–Kier alpha value is -4.09. The van der Waals surface area contributed by atoms with E-state index in [9.17, 15) is 22.8 Å².